The van der Waals surface area contributed by atoms with Crippen LogP contribution in [0.15, 0.2) is 72.8 Å². The van der Waals surface area contributed by atoms with Crippen molar-refractivity contribution in [2.45, 2.75) is 13.8 Å². The summed E-state index contributed by atoms with van der Waals surface area (Å²) in [5.41, 5.74) is 1.32. The van der Waals surface area contributed by atoms with Crippen LogP contribution in [0.3, 0.4) is 0 Å². The Kier molecular flexibility index (Phi) is 5.19. The maximum absolute atomic E-state index is 5.52. The summed E-state index contributed by atoms with van der Waals surface area (Å²) in [5.74, 6) is 0.973. The average Bonchev–Trinajstić information content (AvgIpc) is 2.49. The van der Waals surface area contributed by atoms with Gasteiger partial charge >= 0.3 is 0 Å². The van der Waals surface area contributed by atoms with Gasteiger partial charge in [-0.2, -0.15) is 0 Å². The standard InChI is InChI=1S/C12H12O.C7H8/c1-2-13-12-9-5-7-10-6-3-4-8-11(10)12;1-7-5-3-2-4-6-7/h3-9H,2H2,1H3;2-6H,1H3. The molecule has 0 amide bonds. The monoisotopic (exact) mass is 264 g/mol. The number of hydrogen-bond donors (Lipinski definition) is 0. The molecule has 0 aliphatic rings. The van der Waals surface area contributed by atoms with E-state index < -0.39 is 0 Å². The summed E-state index contributed by atoms with van der Waals surface area (Å²) in [7, 11) is 0. The molecular weight excluding hydrogens is 244 g/mol. The summed E-state index contributed by atoms with van der Waals surface area (Å²) in [5, 5.41) is 2.42. The van der Waals surface area contributed by atoms with E-state index in [1.807, 2.05) is 49.4 Å². The molecule has 1 heteroatoms. The molecule has 3 aromatic carbocycles. The Morgan fingerprint density at radius 2 is 1.40 bits per heavy atom. The number of aryl methyl sites for hydroxylation is 1. The molecule has 0 heterocycles. The zero-order valence-corrected chi connectivity index (χ0v) is 12.0. The molecule has 0 aliphatic heterocycles. The van der Waals surface area contributed by atoms with Crippen LogP contribution < -0.4 is 4.74 Å². The average molecular weight is 264 g/mol. The summed E-state index contributed by atoms with van der Waals surface area (Å²) in [6.07, 6.45) is 0. The molecule has 0 bridgehead atoms. The molecule has 0 saturated heterocycles. The molecule has 0 aliphatic carbocycles. The second-order valence-corrected chi connectivity index (χ2v) is 4.56. The quantitative estimate of drug-likeness (QED) is 0.615. The smallest absolute Gasteiger partial charge is 0.127 e. The normalized spacial score (nSPS) is 9.70. The van der Waals surface area contributed by atoms with Gasteiger partial charge in [-0.3, -0.25) is 0 Å². The first kappa shape index (κ1) is 14.1. The van der Waals surface area contributed by atoms with Gasteiger partial charge in [0.15, 0.2) is 0 Å². The minimum absolute atomic E-state index is 0.716. The fourth-order valence-corrected chi connectivity index (χ4v) is 2.01. The van der Waals surface area contributed by atoms with Gasteiger partial charge in [-0.15, -0.1) is 0 Å². The molecule has 0 atom stereocenters. The zero-order chi connectivity index (χ0) is 14.2. The second-order valence-electron chi connectivity index (χ2n) is 4.56. The Balaban J connectivity index is 0.000000178. The Bertz CT molecular complexity index is 639. The van der Waals surface area contributed by atoms with Crippen molar-refractivity contribution in [2.24, 2.45) is 0 Å². The van der Waals surface area contributed by atoms with Gasteiger partial charge in [0.05, 0.1) is 6.61 Å². The van der Waals surface area contributed by atoms with Gasteiger partial charge in [0.25, 0.3) is 0 Å². The van der Waals surface area contributed by atoms with Crippen molar-refractivity contribution in [3.05, 3.63) is 78.4 Å². The van der Waals surface area contributed by atoms with Gasteiger partial charge in [-0.25, -0.2) is 0 Å². The largest absolute Gasteiger partial charge is 0.493 e. The Morgan fingerprint density at radius 1 is 0.750 bits per heavy atom. The van der Waals surface area contributed by atoms with Crippen molar-refractivity contribution in [2.75, 3.05) is 6.61 Å². The molecule has 0 aromatic heterocycles. The highest BCUT2D eigenvalue weighted by molar-refractivity contribution is 5.88. The molecule has 0 N–H and O–H groups in total. The molecule has 3 aromatic rings. The minimum Gasteiger partial charge on any atom is -0.493 e. The molecular formula is C19H20O. The first-order valence-corrected chi connectivity index (χ1v) is 6.93. The minimum atomic E-state index is 0.716. The Labute approximate surface area is 120 Å². The lowest BCUT2D eigenvalue weighted by Gasteiger charge is -2.06. The molecule has 0 unspecified atom stereocenters. The van der Waals surface area contributed by atoms with Crippen molar-refractivity contribution in [1.29, 1.82) is 0 Å². The Hall–Kier alpha value is -2.28. The SMILES string of the molecule is CCOc1cccc2ccccc12.Cc1ccccc1. The highest BCUT2D eigenvalue weighted by atomic mass is 16.5. The van der Waals surface area contributed by atoms with E-state index in [0.29, 0.717) is 6.61 Å². The molecule has 0 saturated carbocycles. The van der Waals surface area contributed by atoms with E-state index in [0.717, 1.165) is 5.75 Å². The summed E-state index contributed by atoms with van der Waals surface area (Å²) in [4.78, 5) is 0. The molecule has 20 heavy (non-hydrogen) atoms. The van der Waals surface area contributed by atoms with E-state index in [1.165, 1.54) is 16.3 Å². The number of rotatable bonds is 2. The van der Waals surface area contributed by atoms with Crippen LogP contribution >= 0.6 is 0 Å². The van der Waals surface area contributed by atoms with Gasteiger partial charge in [0.1, 0.15) is 5.75 Å². The Morgan fingerprint density at radius 3 is 2.05 bits per heavy atom. The van der Waals surface area contributed by atoms with Crippen LogP contribution in [-0.2, 0) is 0 Å². The first-order valence-electron chi connectivity index (χ1n) is 6.93. The predicted molar refractivity (Wildman–Crippen MR) is 86.3 cm³/mol. The van der Waals surface area contributed by atoms with E-state index >= 15 is 0 Å². The lowest BCUT2D eigenvalue weighted by molar-refractivity contribution is 0.344. The molecule has 0 spiro atoms. The maximum Gasteiger partial charge on any atom is 0.127 e. The third-order valence-corrected chi connectivity index (χ3v) is 2.99. The molecule has 3 rings (SSSR count). The number of fused-ring (bicyclic) bond motifs is 1. The van der Waals surface area contributed by atoms with Gasteiger partial charge < -0.3 is 4.74 Å². The van der Waals surface area contributed by atoms with E-state index in [1.54, 1.807) is 0 Å². The zero-order valence-electron chi connectivity index (χ0n) is 12.0. The fraction of sp³-hybridized carbons (Fsp3) is 0.158. The third-order valence-electron chi connectivity index (χ3n) is 2.99. The van der Waals surface area contributed by atoms with Crippen molar-refractivity contribution in [3.8, 4) is 5.75 Å². The highest BCUT2D eigenvalue weighted by Crippen LogP contribution is 2.24. The summed E-state index contributed by atoms with van der Waals surface area (Å²) in [6.45, 7) is 4.80. The third kappa shape index (κ3) is 3.86. The van der Waals surface area contributed by atoms with Crippen LogP contribution in [0.1, 0.15) is 12.5 Å². The maximum atomic E-state index is 5.52. The van der Waals surface area contributed by atoms with E-state index in [4.69, 9.17) is 4.74 Å². The number of ether oxygens (including phenoxy) is 1. The van der Waals surface area contributed by atoms with Crippen LogP contribution in [0.2, 0.25) is 0 Å². The van der Waals surface area contributed by atoms with Gasteiger partial charge in [-0.1, -0.05) is 72.3 Å². The van der Waals surface area contributed by atoms with Crippen LogP contribution in [0.25, 0.3) is 10.8 Å². The summed E-state index contributed by atoms with van der Waals surface area (Å²) >= 11 is 0. The van der Waals surface area contributed by atoms with Gasteiger partial charge in [0, 0.05) is 5.39 Å². The number of benzene rings is 3. The number of hydrogen-bond acceptors (Lipinski definition) is 1. The van der Waals surface area contributed by atoms with Crippen LogP contribution in [0, 0.1) is 6.92 Å². The molecule has 1 nitrogen and oxygen atoms in total. The van der Waals surface area contributed by atoms with Crippen molar-refractivity contribution >= 4 is 10.8 Å². The van der Waals surface area contributed by atoms with Crippen LogP contribution in [-0.4, -0.2) is 6.61 Å². The van der Waals surface area contributed by atoms with Crippen molar-refractivity contribution < 1.29 is 4.74 Å². The van der Waals surface area contributed by atoms with Crippen molar-refractivity contribution in [3.63, 3.8) is 0 Å². The lowest BCUT2D eigenvalue weighted by Crippen LogP contribution is -1.91. The van der Waals surface area contributed by atoms with E-state index in [2.05, 4.69) is 37.3 Å². The topological polar surface area (TPSA) is 9.23 Å². The molecule has 0 fully saturated rings. The van der Waals surface area contributed by atoms with Crippen molar-refractivity contribution in [1.82, 2.24) is 0 Å². The molecule has 0 radical (unpaired) electrons. The first-order chi connectivity index (χ1) is 9.81. The lowest BCUT2D eigenvalue weighted by atomic mass is 10.1. The van der Waals surface area contributed by atoms with Crippen LogP contribution in [0.4, 0.5) is 0 Å². The van der Waals surface area contributed by atoms with Crippen LogP contribution in [0.5, 0.6) is 5.75 Å². The van der Waals surface area contributed by atoms with E-state index in [9.17, 15) is 0 Å². The van der Waals surface area contributed by atoms with E-state index in [-0.39, 0.29) is 0 Å². The predicted octanol–water partition coefficient (Wildman–Crippen LogP) is 5.23. The highest BCUT2D eigenvalue weighted by Gasteiger charge is 1.98. The molecule has 102 valence electrons. The second kappa shape index (κ2) is 7.34. The summed E-state index contributed by atoms with van der Waals surface area (Å²) < 4.78 is 5.52. The summed E-state index contributed by atoms with van der Waals surface area (Å²) in [6, 6.07) is 24.6. The van der Waals surface area contributed by atoms with Gasteiger partial charge in [-0.05, 0) is 25.3 Å². The van der Waals surface area contributed by atoms with Gasteiger partial charge in [0.2, 0.25) is 0 Å². The fourth-order valence-electron chi connectivity index (χ4n) is 2.01.